The van der Waals surface area contributed by atoms with E-state index in [0.29, 0.717) is 12.3 Å². The second-order valence-corrected chi connectivity index (χ2v) is 5.32. The van der Waals surface area contributed by atoms with Crippen LogP contribution in [0, 0.1) is 11.3 Å². The van der Waals surface area contributed by atoms with E-state index in [0.717, 1.165) is 6.42 Å². The SMILES string of the molecule is CC(=O)O[C@]1(C)CCC(C)C(C)(C)C1=O. The molecule has 0 saturated heterocycles. The average Bonchev–Trinajstić information content (AvgIpc) is 2.09. The van der Waals surface area contributed by atoms with Gasteiger partial charge in [-0.2, -0.15) is 0 Å². The number of hydrogen-bond acceptors (Lipinski definition) is 3. The molecule has 0 spiro atoms. The zero-order valence-electron chi connectivity index (χ0n) is 10.2. The normalized spacial score (nSPS) is 35.0. The van der Waals surface area contributed by atoms with E-state index < -0.39 is 11.0 Å². The number of Topliss-reactive ketones (excluding diaryl/α,β-unsaturated/α-hetero) is 1. The molecule has 0 aromatic carbocycles. The van der Waals surface area contributed by atoms with Crippen LogP contribution in [0.2, 0.25) is 0 Å². The van der Waals surface area contributed by atoms with Gasteiger partial charge in [0, 0.05) is 12.3 Å². The second-order valence-electron chi connectivity index (χ2n) is 5.32. The van der Waals surface area contributed by atoms with Gasteiger partial charge in [0.2, 0.25) is 0 Å². The summed E-state index contributed by atoms with van der Waals surface area (Å²) in [5.41, 5.74) is -1.32. The molecule has 3 nitrogen and oxygen atoms in total. The molecule has 86 valence electrons. The summed E-state index contributed by atoms with van der Waals surface area (Å²) in [4.78, 5) is 23.2. The number of ether oxygens (including phenoxy) is 1. The summed E-state index contributed by atoms with van der Waals surface area (Å²) >= 11 is 0. The Morgan fingerprint density at radius 1 is 1.40 bits per heavy atom. The molecular formula is C12H20O3. The highest BCUT2D eigenvalue weighted by Gasteiger charge is 2.51. The van der Waals surface area contributed by atoms with Gasteiger partial charge in [-0.05, 0) is 25.7 Å². The van der Waals surface area contributed by atoms with Gasteiger partial charge in [0.1, 0.15) is 0 Å². The second kappa shape index (κ2) is 3.62. The molecule has 1 aliphatic carbocycles. The van der Waals surface area contributed by atoms with Crippen LogP contribution >= 0.6 is 0 Å². The minimum absolute atomic E-state index is 0.0453. The van der Waals surface area contributed by atoms with Crippen LogP contribution in [0.15, 0.2) is 0 Å². The monoisotopic (exact) mass is 212 g/mol. The fourth-order valence-electron chi connectivity index (χ4n) is 2.29. The minimum atomic E-state index is -0.915. The van der Waals surface area contributed by atoms with Crippen molar-refractivity contribution in [2.24, 2.45) is 11.3 Å². The van der Waals surface area contributed by atoms with Gasteiger partial charge >= 0.3 is 5.97 Å². The number of carbonyl (C=O) groups is 2. The van der Waals surface area contributed by atoms with Crippen LogP contribution in [0.3, 0.4) is 0 Å². The Morgan fingerprint density at radius 3 is 2.40 bits per heavy atom. The fraction of sp³-hybridized carbons (Fsp3) is 0.833. The maximum absolute atomic E-state index is 12.2. The standard InChI is InChI=1S/C12H20O3/c1-8-6-7-12(5,15-9(2)13)10(14)11(8,3)4/h8H,6-7H2,1-5H3/t8?,12-/m1/s1. The maximum Gasteiger partial charge on any atom is 0.303 e. The molecular weight excluding hydrogens is 192 g/mol. The molecule has 0 amide bonds. The van der Waals surface area contributed by atoms with Gasteiger partial charge in [-0.1, -0.05) is 20.8 Å². The highest BCUT2D eigenvalue weighted by Crippen LogP contribution is 2.43. The molecule has 0 aliphatic heterocycles. The lowest BCUT2D eigenvalue weighted by Crippen LogP contribution is -2.53. The van der Waals surface area contributed by atoms with Gasteiger partial charge in [-0.15, -0.1) is 0 Å². The van der Waals surface area contributed by atoms with E-state index in [4.69, 9.17) is 4.74 Å². The summed E-state index contributed by atoms with van der Waals surface area (Å²) in [6.07, 6.45) is 1.55. The van der Waals surface area contributed by atoms with Crippen molar-refractivity contribution in [3.8, 4) is 0 Å². The third-order valence-corrected chi connectivity index (χ3v) is 3.72. The molecule has 1 fully saturated rings. The van der Waals surface area contributed by atoms with E-state index in [1.807, 2.05) is 13.8 Å². The highest BCUT2D eigenvalue weighted by molar-refractivity contribution is 5.94. The smallest absolute Gasteiger partial charge is 0.303 e. The first kappa shape index (κ1) is 12.2. The molecule has 15 heavy (non-hydrogen) atoms. The van der Waals surface area contributed by atoms with Crippen molar-refractivity contribution in [2.45, 2.75) is 53.1 Å². The van der Waals surface area contributed by atoms with Gasteiger partial charge in [-0.25, -0.2) is 0 Å². The Kier molecular flexibility index (Phi) is 2.94. The van der Waals surface area contributed by atoms with Crippen LogP contribution in [0.1, 0.15) is 47.5 Å². The van der Waals surface area contributed by atoms with Gasteiger partial charge in [0.05, 0.1) is 0 Å². The summed E-state index contributed by atoms with van der Waals surface area (Å²) < 4.78 is 5.19. The molecule has 1 aliphatic rings. The fourth-order valence-corrected chi connectivity index (χ4v) is 2.29. The van der Waals surface area contributed by atoms with Crippen LogP contribution in [0.5, 0.6) is 0 Å². The maximum atomic E-state index is 12.2. The van der Waals surface area contributed by atoms with E-state index in [9.17, 15) is 9.59 Å². The van der Waals surface area contributed by atoms with Crippen molar-refractivity contribution in [3.05, 3.63) is 0 Å². The molecule has 0 aromatic heterocycles. The average molecular weight is 212 g/mol. The molecule has 1 saturated carbocycles. The van der Waals surface area contributed by atoms with Crippen molar-refractivity contribution in [2.75, 3.05) is 0 Å². The van der Waals surface area contributed by atoms with Crippen molar-refractivity contribution < 1.29 is 14.3 Å². The van der Waals surface area contributed by atoms with Gasteiger partial charge in [-0.3, -0.25) is 9.59 Å². The molecule has 0 aromatic rings. The van der Waals surface area contributed by atoms with Crippen molar-refractivity contribution in [1.29, 1.82) is 0 Å². The van der Waals surface area contributed by atoms with E-state index in [1.54, 1.807) is 6.92 Å². The third-order valence-electron chi connectivity index (χ3n) is 3.72. The van der Waals surface area contributed by atoms with Gasteiger partial charge in [0.25, 0.3) is 0 Å². The van der Waals surface area contributed by atoms with E-state index in [2.05, 4.69) is 6.92 Å². The van der Waals surface area contributed by atoms with Crippen LogP contribution < -0.4 is 0 Å². The molecule has 0 N–H and O–H groups in total. The molecule has 0 heterocycles. The third kappa shape index (κ3) is 2.06. The molecule has 2 atom stereocenters. The number of hydrogen-bond donors (Lipinski definition) is 0. The van der Waals surface area contributed by atoms with E-state index in [-0.39, 0.29) is 11.8 Å². The number of carbonyl (C=O) groups excluding carboxylic acids is 2. The number of esters is 1. The first-order valence-electron chi connectivity index (χ1n) is 5.44. The Hall–Kier alpha value is -0.860. The predicted molar refractivity (Wildman–Crippen MR) is 57.4 cm³/mol. The minimum Gasteiger partial charge on any atom is -0.452 e. The molecule has 3 heteroatoms. The van der Waals surface area contributed by atoms with E-state index >= 15 is 0 Å². The summed E-state index contributed by atoms with van der Waals surface area (Å²) in [5.74, 6) is 0.00814. The summed E-state index contributed by atoms with van der Waals surface area (Å²) in [6, 6.07) is 0. The first-order valence-corrected chi connectivity index (χ1v) is 5.44. The van der Waals surface area contributed by atoms with Crippen LogP contribution in [-0.4, -0.2) is 17.4 Å². The topological polar surface area (TPSA) is 43.4 Å². The molecule has 1 rings (SSSR count). The lowest BCUT2D eigenvalue weighted by atomic mass is 9.63. The van der Waals surface area contributed by atoms with Crippen molar-refractivity contribution in [3.63, 3.8) is 0 Å². The van der Waals surface area contributed by atoms with Gasteiger partial charge in [0.15, 0.2) is 11.4 Å². The Labute approximate surface area is 91.2 Å². The summed E-state index contributed by atoms with van der Waals surface area (Å²) in [6.45, 7) is 9.01. The van der Waals surface area contributed by atoms with Crippen LogP contribution in [0.4, 0.5) is 0 Å². The van der Waals surface area contributed by atoms with Crippen LogP contribution in [0.25, 0.3) is 0 Å². The molecule has 1 unspecified atom stereocenters. The zero-order valence-corrected chi connectivity index (χ0v) is 10.2. The Bertz CT molecular complexity index is 293. The van der Waals surface area contributed by atoms with Gasteiger partial charge < -0.3 is 4.74 Å². The Morgan fingerprint density at radius 2 is 1.93 bits per heavy atom. The first-order chi connectivity index (χ1) is 6.70. The predicted octanol–water partition coefficient (Wildman–Crippen LogP) is 2.33. The summed E-state index contributed by atoms with van der Waals surface area (Å²) in [5, 5.41) is 0. The van der Waals surface area contributed by atoms with Crippen LogP contribution in [-0.2, 0) is 14.3 Å². The van der Waals surface area contributed by atoms with Crippen molar-refractivity contribution >= 4 is 11.8 Å². The lowest BCUT2D eigenvalue weighted by molar-refractivity contribution is -0.175. The zero-order chi connectivity index (χ0) is 11.9. The number of ketones is 1. The molecule has 0 bridgehead atoms. The number of rotatable bonds is 1. The largest absolute Gasteiger partial charge is 0.452 e. The quantitative estimate of drug-likeness (QED) is 0.626. The molecule has 0 radical (unpaired) electrons. The van der Waals surface area contributed by atoms with Crippen molar-refractivity contribution in [1.82, 2.24) is 0 Å². The highest BCUT2D eigenvalue weighted by atomic mass is 16.6. The van der Waals surface area contributed by atoms with E-state index in [1.165, 1.54) is 6.92 Å². The Balaban J connectivity index is 2.95. The lowest BCUT2D eigenvalue weighted by Gasteiger charge is -2.44. The summed E-state index contributed by atoms with van der Waals surface area (Å²) in [7, 11) is 0.